The van der Waals surface area contributed by atoms with Gasteiger partial charge in [0.1, 0.15) is 11.5 Å². The molecule has 5 aromatic rings. The topological polar surface area (TPSA) is 124 Å². The number of carbonyl (C=O) groups excluding carboxylic acids is 3. The SMILES string of the molecule is COC(=O)c1cc(C2CC2)cnc1Cc1ccc2c(c1)OCC(=O)N2c1ccccc1.Nc1ccc2c(c1)OCC(=O)N2c1ccccc1. The van der Waals surface area contributed by atoms with Crippen molar-refractivity contribution in [2.45, 2.75) is 25.2 Å². The molecule has 2 amide bonds. The number of pyridine rings is 1. The molecule has 10 heteroatoms. The summed E-state index contributed by atoms with van der Waals surface area (Å²) in [6.07, 6.45) is 4.61. The molecule has 0 atom stereocenters. The van der Waals surface area contributed by atoms with Crippen LogP contribution >= 0.6 is 0 Å². The molecule has 1 aliphatic carbocycles. The van der Waals surface area contributed by atoms with E-state index < -0.39 is 0 Å². The summed E-state index contributed by atoms with van der Waals surface area (Å²) in [4.78, 5) is 44.8. The van der Waals surface area contributed by atoms with Crippen molar-refractivity contribution in [3.8, 4) is 11.5 Å². The number of anilines is 5. The van der Waals surface area contributed by atoms with E-state index in [0.29, 0.717) is 46.5 Å². The lowest BCUT2D eigenvalue weighted by Crippen LogP contribution is -2.35. The Bertz CT molecular complexity index is 2030. The zero-order chi connectivity index (χ0) is 33.9. The predicted octanol–water partition coefficient (Wildman–Crippen LogP) is 6.72. The van der Waals surface area contributed by atoms with E-state index in [2.05, 4.69) is 4.98 Å². The van der Waals surface area contributed by atoms with E-state index in [1.54, 1.807) is 28.0 Å². The van der Waals surface area contributed by atoms with Crippen LogP contribution in [0.25, 0.3) is 0 Å². The second-order valence-electron chi connectivity index (χ2n) is 11.9. The first-order valence-corrected chi connectivity index (χ1v) is 16.0. The van der Waals surface area contributed by atoms with Gasteiger partial charge in [-0.25, -0.2) is 4.79 Å². The van der Waals surface area contributed by atoms with Crippen LogP contribution in [0.3, 0.4) is 0 Å². The van der Waals surface area contributed by atoms with Gasteiger partial charge in [-0.2, -0.15) is 0 Å². The molecule has 4 aromatic carbocycles. The number of para-hydroxylation sites is 2. The van der Waals surface area contributed by atoms with Gasteiger partial charge in [-0.05, 0) is 84.5 Å². The number of fused-ring (bicyclic) bond motifs is 2. The Morgan fingerprint density at radius 2 is 1.37 bits per heavy atom. The molecule has 49 heavy (non-hydrogen) atoms. The van der Waals surface area contributed by atoms with Gasteiger partial charge in [-0.15, -0.1) is 0 Å². The maximum atomic E-state index is 12.5. The number of ether oxygens (including phenoxy) is 3. The quantitative estimate of drug-likeness (QED) is 0.158. The summed E-state index contributed by atoms with van der Waals surface area (Å²) in [5.74, 6) is 1.20. The van der Waals surface area contributed by atoms with Crippen LogP contribution in [0.1, 0.15) is 45.9 Å². The minimum Gasteiger partial charge on any atom is -0.482 e. The summed E-state index contributed by atoms with van der Waals surface area (Å²) in [6.45, 7) is 0.0123. The van der Waals surface area contributed by atoms with Gasteiger partial charge in [0.2, 0.25) is 0 Å². The molecule has 2 N–H and O–H groups in total. The van der Waals surface area contributed by atoms with E-state index in [-0.39, 0.29) is 31.0 Å². The van der Waals surface area contributed by atoms with E-state index >= 15 is 0 Å². The van der Waals surface area contributed by atoms with Crippen molar-refractivity contribution in [1.82, 2.24) is 4.98 Å². The van der Waals surface area contributed by atoms with Gasteiger partial charge in [0.15, 0.2) is 13.2 Å². The average Bonchev–Trinajstić information content (AvgIpc) is 3.99. The number of nitrogen functional groups attached to an aromatic ring is 1. The number of amides is 2. The lowest BCUT2D eigenvalue weighted by Gasteiger charge is -2.29. The molecule has 2 aliphatic heterocycles. The highest BCUT2D eigenvalue weighted by atomic mass is 16.5. The van der Waals surface area contributed by atoms with Crippen LogP contribution in [-0.4, -0.2) is 43.1 Å². The minimum absolute atomic E-state index is 0.0207. The van der Waals surface area contributed by atoms with Crippen molar-refractivity contribution in [2.75, 3.05) is 35.9 Å². The zero-order valence-electron chi connectivity index (χ0n) is 26.9. The Kier molecular flexibility index (Phi) is 8.68. The molecule has 8 rings (SSSR count). The van der Waals surface area contributed by atoms with Crippen molar-refractivity contribution in [3.05, 3.63) is 132 Å². The molecule has 3 heterocycles. The maximum absolute atomic E-state index is 12.5. The molecular weight excluding hydrogens is 620 g/mol. The molecule has 0 saturated heterocycles. The fraction of sp³-hybridized carbons (Fsp3) is 0.179. The van der Waals surface area contributed by atoms with Gasteiger partial charge in [0.05, 0.1) is 29.7 Å². The Balaban J connectivity index is 0.000000178. The van der Waals surface area contributed by atoms with Crippen LogP contribution < -0.4 is 25.0 Å². The highest BCUT2D eigenvalue weighted by Gasteiger charge is 2.29. The van der Waals surface area contributed by atoms with Crippen LogP contribution in [0, 0.1) is 0 Å². The van der Waals surface area contributed by atoms with Crippen molar-refractivity contribution in [1.29, 1.82) is 0 Å². The summed E-state index contributed by atoms with van der Waals surface area (Å²) in [5.41, 5.74) is 12.6. The van der Waals surface area contributed by atoms with Gasteiger partial charge < -0.3 is 19.9 Å². The molecule has 1 aromatic heterocycles. The maximum Gasteiger partial charge on any atom is 0.339 e. The first-order valence-electron chi connectivity index (χ1n) is 16.0. The smallest absolute Gasteiger partial charge is 0.339 e. The monoisotopic (exact) mass is 654 g/mol. The predicted molar refractivity (Wildman–Crippen MR) is 186 cm³/mol. The first kappa shape index (κ1) is 31.4. The fourth-order valence-electron chi connectivity index (χ4n) is 5.97. The minimum atomic E-state index is -0.375. The molecule has 3 aliphatic rings. The third kappa shape index (κ3) is 6.66. The number of nitrogens with two attached hydrogens (primary N) is 1. The summed E-state index contributed by atoms with van der Waals surface area (Å²) < 4.78 is 16.1. The molecule has 1 fully saturated rings. The highest BCUT2D eigenvalue weighted by molar-refractivity contribution is 6.05. The first-order chi connectivity index (χ1) is 23.9. The van der Waals surface area contributed by atoms with Gasteiger partial charge in [0.25, 0.3) is 11.8 Å². The van der Waals surface area contributed by atoms with Gasteiger partial charge in [-0.1, -0.05) is 42.5 Å². The summed E-state index contributed by atoms with van der Waals surface area (Å²) in [6, 6.07) is 31.9. The number of benzene rings is 4. The van der Waals surface area contributed by atoms with Crippen LogP contribution in [0.4, 0.5) is 28.4 Å². The Hall–Kier alpha value is -6.16. The standard InChI is InChI=1S/C25H22N2O4.C14H12N2O2/c1-30-25(29)20-13-18(17-8-9-17)14-26-21(20)11-16-7-10-22-23(12-16)31-15-24(28)27(22)19-5-3-2-4-6-19;15-10-6-7-12-13(8-10)18-9-14(17)16(12)11-4-2-1-3-5-11/h2-7,10,12-14,17H,8-9,11,15H2,1H3;1-8H,9,15H2. The largest absolute Gasteiger partial charge is 0.482 e. The number of hydrogen-bond acceptors (Lipinski definition) is 8. The molecule has 0 spiro atoms. The van der Waals surface area contributed by atoms with Crippen LogP contribution in [0.15, 0.2) is 109 Å². The van der Waals surface area contributed by atoms with E-state index in [4.69, 9.17) is 19.9 Å². The number of hydrogen-bond donors (Lipinski definition) is 1. The van der Waals surface area contributed by atoms with Crippen LogP contribution in [0.5, 0.6) is 11.5 Å². The number of esters is 1. The Morgan fingerprint density at radius 3 is 1.94 bits per heavy atom. The normalized spacial score (nSPS) is 14.8. The third-order valence-electron chi connectivity index (χ3n) is 8.54. The molecule has 0 unspecified atom stereocenters. The Morgan fingerprint density at radius 1 is 0.796 bits per heavy atom. The lowest BCUT2D eigenvalue weighted by atomic mass is 10.0. The van der Waals surface area contributed by atoms with Crippen molar-refractivity contribution in [2.24, 2.45) is 0 Å². The lowest BCUT2D eigenvalue weighted by molar-refractivity contribution is -0.121. The highest BCUT2D eigenvalue weighted by Crippen LogP contribution is 2.41. The second-order valence-corrected chi connectivity index (χ2v) is 11.9. The van der Waals surface area contributed by atoms with E-state index in [9.17, 15) is 14.4 Å². The van der Waals surface area contributed by atoms with E-state index in [1.807, 2.05) is 91.1 Å². The van der Waals surface area contributed by atoms with Crippen molar-refractivity contribution >= 4 is 46.2 Å². The molecule has 10 nitrogen and oxygen atoms in total. The molecule has 0 radical (unpaired) electrons. The van der Waals surface area contributed by atoms with E-state index in [0.717, 1.165) is 41.0 Å². The summed E-state index contributed by atoms with van der Waals surface area (Å²) in [5, 5.41) is 0. The number of carbonyl (C=O) groups is 3. The number of rotatable bonds is 6. The zero-order valence-corrected chi connectivity index (χ0v) is 26.9. The summed E-state index contributed by atoms with van der Waals surface area (Å²) in [7, 11) is 1.39. The fourth-order valence-corrected chi connectivity index (χ4v) is 5.97. The number of methoxy groups -OCH3 is 1. The number of nitrogens with zero attached hydrogens (tertiary/aromatic N) is 3. The molecule has 0 bridgehead atoms. The van der Waals surface area contributed by atoms with Crippen molar-refractivity contribution < 1.29 is 28.6 Å². The second kappa shape index (κ2) is 13.5. The molecule has 246 valence electrons. The van der Waals surface area contributed by atoms with Gasteiger partial charge in [-0.3, -0.25) is 24.4 Å². The third-order valence-corrected chi connectivity index (χ3v) is 8.54. The van der Waals surface area contributed by atoms with Crippen LogP contribution in [0.2, 0.25) is 0 Å². The van der Waals surface area contributed by atoms with Crippen LogP contribution in [-0.2, 0) is 20.7 Å². The molecular formula is C39H34N4O6. The molecule has 1 saturated carbocycles. The van der Waals surface area contributed by atoms with Gasteiger partial charge in [0, 0.05) is 35.7 Å². The average molecular weight is 655 g/mol. The van der Waals surface area contributed by atoms with Gasteiger partial charge >= 0.3 is 5.97 Å². The van der Waals surface area contributed by atoms with E-state index in [1.165, 1.54) is 7.11 Å². The Labute approximate surface area is 283 Å². The number of aromatic nitrogens is 1. The van der Waals surface area contributed by atoms with Crippen molar-refractivity contribution in [3.63, 3.8) is 0 Å². The summed E-state index contributed by atoms with van der Waals surface area (Å²) >= 11 is 0.